The number of aliphatic carboxylic acids is 1. The maximum Gasteiger partial charge on any atom is 0.356 e. The van der Waals surface area contributed by atoms with Gasteiger partial charge in [-0.25, -0.2) is 9.78 Å². The Hall–Kier alpha value is -1.89. The number of hydrogen-bond donors (Lipinski definition) is 3. The largest absolute Gasteiger partial charge is 0.481 e. The molecule has 1 atom stereocenters. The predicted molar refractivity (Wildman–Crippen MR) is 73.5 cm³/mol. The van der Waals surface area contributed by atoms with Crippen molar-refractivity contribution in [3.8, 4) is 0 Å². The quantitative estimate of drug-likeness (QED) is 0.757. The number of rotatable bonds is 3. The minimum absolute atomic E-state index is 0.0366. The van der Waals surface area contributed by atoms with Gasteiger partial charge in [-0.2, -0.15) is 0 Å². The molecule has 0 saturated carbocycles. The second-order valence-electron chi connectivity index (χ2n) is 5.77. The number of nitrogens with zero attached hydrogens (tertiary/aromatic N) is 2. The van der Waals surface area contributed by atoms with E-state index in [1.165, 1.54) is 0 Å². The van der Waals surface area contributed by atoms with E-state index in [0.717, 1.165) is 31.8 Å². The lowest BCUT2D eigenvalue weighted by molar-refractivity contribution is -0.142. The average Bonchev–Trinajstić information content (AvgIpc) is 2.87. The standard InChI is InChI=1S/C14H19N3O4/c18-13(19)9-3-6-17-10(7-9)11(14(20)21)16-12(17)8-1-4-15-5-2-8/h8-9,15H,1-7H2,(H,18,19)(H,20,21). The fraction of sp³-hybridized carbons (Fsp3) is 0.643. The Labute approximate surface area is 122 Å². The Kier molecular flexibility index (Phi) is 3.67. The summed E-state index contributed by atoms with van der Waals surface area (Å²) in [6.07, 6.45) is 2.68. The summed E-state index contributed by atoms with van der Waals surface area (Å²) in [7, 11) is 0. The molecule has 3 heterocycles. The van der Waals surface area contributed by atoms with Crippen molar-refractivity contribution < 1.29 is 19.8 Å². The van der Waals surface area contributed by atoms with Crippen molar-refractivity contribution in [3.63, 3.8) is 0 Å². The molecule has 3 rings (SSSR count). The van der Waals surface area contributed by atoms with Crippen LogP contribution in [-0.2, 0) is 17.8 Å². The van der Waals surface area contributed by atoms with E-state index >= 15 is 0 Å². The van der Waals surface area contributed by atoms with Crippen molar-refractivity contribution in [3.05, 3.63) is 17.2 Å². The van der Waals surface area contributed by atoms with E-state index in [2.05, 4.69) is 10.3 Å². The van der Waals surface area contributed by atoms with E-state index in [1.807, 2.05) is 4.57 Å². The Morgan fingerprint density at radius 3 is 2.52 bits per heavy atom. The zero-order valence-corrected chi connectivity index (χ0v) is 11.7. The van der Waals surface area contributed by atoms with Crippen molar-refractivity contribution >= 4 is 11.9 Å². The first-order chi connectivity index (χ1) is 10.1. The van der Waals surface area contributed by atoms with Gasteiger partial charge in [0.25, 0.3) is 0 Å². The van der Waals surface area contributed by atoms with Crippen LogP contribution in [0.25, 0.3) is 0 Å². The number of aromatic nitrogens is 2. The molecule has 0 bridgehead atoms. The highest BCUT2D eigenvalue weighted by Crippen LogP contribution is 2.31. The highest BCUT2D eigenvalue weighted by molar-refractivity contribution is 5.87. The van der Waals surface area contributed by atoms with Crippen LogP contribution in [0.3, 0.4) is 0 Å². The lowest BCUT2D eigenvalue weighted by Crippen LogP contribution is -2.30. The van der Waals surface area contributed by atoms with Crippen molar-refractivity contribution in [2.24, 2.45) is 5.92 Å². The molecule has 0 amide bonds. The molecular weight excluding hydrogens is 274 g/mol. The van der Waals surface area contributed by atoms with Crippen molar-refractivity contribution in [2.75, 3.05) is 13.1 Å². The molecule has 0 radical (unpaired) electrons. The Bertz CT molecular complexity index is 575. The summed E-state index contributed by atoms with van der Waals surface area (Å²) in [5.74, 6) is -1.34. The molecule has 0 aromatic carbocycles. The van der Waals surface area contributed by atoms with Gasteiger partial charge in [-0.1, -0.05) is 0 Å². The van der Waals surface area contributed by atoms with E-state index in [4.69, 9.17) is 5.11 Å². The van der Waals surface area contributed by atoms with Gasteiger partial charge in [0.15, 0.2) is 5.69 Å². The second kappa shape index (κ2) is 5.48. The number of imidazole rings is 1. The van der Waals surface area contributed by atoms with Gasteiger partial charge in [0.1, 0.15) is 5.82 Å². The van der Waals surface area contributed by atoms with Crippen LogP contribution in [0.5, 0.6) is 0 Å². The second-order valence-corrected chi connectivity index (χ2v) is 5.77. The molecule has 2 aliphatic rings. The molecule has 1 aromatic rings. The Morgan fingerprint density at radius 1 is 1.19 bits per heavy atom. The van der Waals surface area contributed by atoms with Crippen LogP contribution in [0.2, 0.25) is 0 Å². The smallest absolute Gasteiger partial charge is 0.356 e. The SMILES string of the molecule is O=C(O)c1nc(C2CCNCC2)n2c1CC(C(=O)O)CC2. The third kappa shape index (κ3) is 2.53. The summed E-state index contributed by atoms with van der Waals surface area (Å²) in [5.41, 5.74) is 0.615. The van der Waals surface area contributed by atoms with Gasteiger partial charge in [-0.05, 0) is 32.4 Å². The molecule has 7 nitrogen and oxygen atoms in total. The summed E-state index contributed by atoms with van der Waals surface area (Å²) in [5, 5.41) is 21.8. The molecular formula is C14H19N3O4. The minimum Gasteiger partial charge on any atom is -0.481 e. The van der Waals surface area contributed by atoms with Gasteiger partial charge >= 0.3 is 11.9 Å². The molecule has 0 spiro atoms. The maximum atomic E-state index is 11.4. The number of aromatic carboxylic acids is 1. The Morgan fingerprint density at radius 2 is 1.90 bits per heavy atom. The van der Waals surface area contributed by atoms with E-state index in [-0.39, 0.29) is 18.0 Å². The van der Waals surface area contributed by atoms with Crippen LogP contribution in [-0.4, -0.2) is 44.8 Å². The lowest BCUT2D eigenvalue weighted by Gasteiger charge is -2.27. The number of piperidine rings is 1. The number of fused-ring (bicyclic) bond motifs is 1. The van der Waals surface area contributed by atoms with Crippen LogP contribution in [0.15, 0.2) is 0 Å². The van der Waals surface area contributed by atoms with Gasteiger partial charge in [0, 0.05) is 18.9 Å². The topological polar surface area (TPSA) is 104 Å². The minimum atomic E-state index is -1.06. The third-order valence-corrected chi connectivity index (χ3v) is 4.50. The first-order valence-electron chi connectivity index (χ1n) is 7.34. The zero-order valence-electron chi connectivity index (χ0n) is 11.7. The summed E-state index contributed by atoms with van der Waals surface area (Å²) in [6, 6.07) is 0. The van der Waals surface area contributed by atoms with Crippen LogP contribution in [0.4, 0.5) is 0 Å². The molecule has 3 N–H and O–H groups in total. The predicted octanol–water partition coefficient (Wildman–Crippen LogP) is 0.695. The van der Waals surface area contributed by atoms with Gasteiger partial charge in [0.05, 0.1) is 11.6 Å². The first-order valence-corrected chi connectivity index (χ1v) is 7.34. The summed E-state index contributed by atoms with van der Waals surface area (Å²) < 4.78 is 1.96. The van der Waals surface area contributed by atoms with E-state index in [0.29, 0.717) is 18.7 Å². The molecule has 1 aromatic heterocycles. The van der Waals surface area contributed by atoms with E-state index in [1.54, 1.807) is 0 Å². The van der Waals surface area contributed by atoms with Gasteiger partial charge in [0.2, 0.25) is 0 Å². The highest BCUT2D eigenvalue weighted by atomic mass is 16.4. The zero-order chi connectivity index (χ0) is 15.0. The van der Waals surface area contributed by atoms with Crippen molar-refractivity contribution in [1.29, 1.82) is 0 Å². The molecule has 1 saturated heterocycles. The van der Waals surface area contributed by atoms with Gasteiger partial charge < -0.3 is 20.1 Å². The van der Waals surface area contributed by atoms with E-state index < -0.39 is 17.9 Å². The van der Waals surface area contributed by atoms with Crippen molar-refractivity contribution in [2.45, 2.75) is 38.1 Å². The molecule has 2 aliphatic heterocycles. The third-order valence-electron chi connectivity index (χ3n) is 4.50. The van der Waals surface area contributed by atoms with Gasteiger partial charge in [-0.3, -0.25) is 4.79 Å². The van der Waals surface area contributed by atoms with Crippen LogP contribution >= 0.6 is 0 Å². The Balaban J connectivity index is 1.98. The number of carboxylic acid groups (broad SMARTS) is 2. The lowest BCUT2D eigenvalue weighted by atomic mass is 9.93. The van der Waals surface area contributed by atoms with Crippen LogP contribution in [0.1, 0.15) is 47.2 Å². The van der Waals surface area contributed by atoms with Crippen molar-refractivity contribution in [1.82, 2.24) is 14.9 Å². The highest BCUT2D eigenvalue weighted by Gasteiger charge is 2.33. The molecule has 7 heteroatoms. The molecule has 1 fully saturated rings. The fourth-order valence-electron chi connectivity index (χ4n) is 3.36. The maximum absolute atomic E-state index is 11.4. The van der Waals surface area contributed by atoms with E-state index in [9.17, 15) is 14.7 Å². The summed E-state index contributed by atoms with van der Waals surface area (Å²) in [4.78, 5) is 26.9. The number of hydrogen-bond acceptors (Lipinski definition) is 4. The van der Waals surface area contributed by atoms with Crippen LogP contribution < -0.4 is 5.32 Å². The average molecular weight is 293 g/mol. The fourth-order valence-corrected chi connectivity index (χ4v) is 3.36. The molecule has 21 heavy (non-hydrogen) atoms. The monoisotopic (exact) mass is 293 g/mol. The van der Waals surface area contributed by atoms with Gasteiger partial charge in [-0.15, -0.1) is 0 Å². The van der Waals surface area contributed by atoms with Crippen LogP contribution in [0, 0.1) is 5.92 Å². The number of carbonyl (C=O) groups is 2. The normalized spacial score (nSPS) is 22.8. The number of carboxylic acids is 2. The molecule has 114 valence electrons. The summed E-state index contributed by atoms with van der Waals surface area (Å²) >= 11 is 0. The first kappa shape index (κ1) is 14.1. The number of nitrogens with one attached hydrogen (secondary N) is 1. The molecule has 1 unspecified atom stereocenters. The summed E-state index contributed by atoms with van der Waals surface area (Å²) in [6.45, 7) is 2.37. The molecule has 0 aliphatic carbocycles.